The van der Waals surface area contributed by atoms with E-state index in [4.69, 9.17) is 4.74 Å². The van der Waals surface area contributed by atoms with Gasteiger partial charge in [0.2, 0.25) is 0 Å². The second kappa shape index (κ2) is 9.13. The van der Waals surface area contributed by atoms with Crippen LogP contribution in [0.4, 0.5) is 0 Å². The Morgan fingerprint density at radius 3 is 2.33 bits per heavy atom. The Hall–Kier alpha value is -0.120. The Balaban J connectivity index is 3.58. The van der Waals surface area contributed by atoms with Gasteiger partial charge in [0.25, 0.3) is 0 Å². The maximum Gasteiger partial charge on any atom is 0.0591 e. The lowest BCUT2D eigenvalue weighted by Crippen LogP contribution is -2.43. The van der Waals surface area contributed by atoms with Gasteiger partial charge in [-0.1, -0.05) is 20.8 Å². The van der Waals surface area contributed by atoms with Gasteiger partial charge in [-0.2, -0.15) is 0 Å². The van der Waals surface area contributed by atoms with Gasteiger partial charge in [0.05, 0.1) is 6.61 Å². The Morgan fingerprint density at radius 1 is 1.20 bits per heavy atom. The van der Waals surface area contributed by atoms with Crippen molar-refractivity contribution < 1.29 is 4.74 Å². The monoisotopic (exact) mass is 216 g/mol. The van der Waals surface area contributed by atoms with Crippen molar-refractivity contribution in [3.8, 4) is 0 Å². The molecule has 0 rings (SSSR count). The van der Waals surface area contributed by atoms with Crippen molar-refractivity contribution in [3.05, 3.63) is 0 Å². The van der Waals surface area contributed by atoms with Crippen molar-refractivity contribution in [2.24, 2.45) is 5.92 Å². The molecule has 0 heterocycles. The van der Waals surface area contributed by atoms with E-state index >= 15 is 0 Å². The third-order valence-electron chi connectivity index (χ3n) is 2.37. The normalized spacial score (nSPS) is 13.8. The fourth-order valence-electron chi connectivity index (χ4n) is 1.47. The Bertz CT molecular complexity index is 138. The highest BCUT2D eigenvalue weighted by Gasteiger charge is 2.12. The highest BCUT2D eigenvalue weighted by Crippen LogP contribution is 2.02. The summed E-state index contributed by atoms with van der Waals surface area (Å²) in [5.41, 5.74) is 0. The lowest BCUT2D eigenvalue weighted by Gasteiger charge is -2.25. The molecule has 1 unspecified atom stereocenters. The van der Waals surface area contributed by atoms with E-state index in [9.17, 15) is 0 Å². The van der Waals surface area contributed by atoms with E-state index in [1.165, 1.54) is 0 Å². The summed E-state index contributed by atoms with van der Waals surface area (Å²) in [6.45, 7) is 10.4. The Kier molecular flexibility index (Phi) is 9.06. The van der Waals surface area contributed by atoms with Crippen molar-refractivity contribution in [1.82, 2.24) is 10.2 Å². The molecule has 0 saturated heterocycles. The second-order valence-corrected chi connectivity index (χ2v) is 4.68. The summed E-state index contributed by atoms with van der Waals surface area (Å²) in [7, 11) is 4.23. The summed E-state index contributed by atoms with van der Waals surface area (Å²) in [5.74, 6) is 0.665. The SMILES string of the molecule is CCCOCCNC(CN(C)C)C(C)C. The van der Waals surface area contributed by atoms with Crippen LogP contribution in [0.3, 0.4) is 0 Å². The molecule has 0 aliphatic rings. The van der Waals surface area contributed by atoms with Crippen LogP contribution in [0.15, 0.2) is 0 Å². The summed E-state index contributed by atoms with van der Waals surface area (Å²) in [6, 6.07) is 0.560. The van der Waals surface area contributed by atoms with Crippen LogP contribution in [0, 0.1) is 5.92 Å². The third kappa shape index (κ3) is 8.85. The lowest BCUT2D eigenvalue weighted by atomic mass is 10.0. The molecule has 15 heavy (non-hydrogen) atoms. The van der Waals surface area contributed by atoms with Crippen molar-refractivity contribution in [1.29, 1.82) is 0 Å². The molecule has 0 aromatic heterocycles. The molecule has 92 valence electrons. The number of nitrogens with one attached hydrogen (secondary N) is 1. The van der Waals surface area contributed by atoms with E-state index in [0.29, 0.717) is 12.0 Å². The van der Waals surface area contributed by atoms with E-state index in [-0.39, 0.29) is 0 Å². The molecule has 1 atom stereocenters. The molecule has 0 spiro atoms. The van der Waals surface area contributed by atoms with Gasteiger partial charge < -0.3 is 15.0 Å². The maximum atomic E-state index is 5.44. The predicted molar refractivity (Wildman–Crippen MR) is 66.3 cm³/mol. The highest BCUT2D eigenvalue weighted by atomic mass is 16.5. The van der Waals surface area contributed by atoms with E-state index in [0.717, 1.165) is 32.7 Å². The van der Waals surface area contributed by atoms with E-state index in [1.807, 2.05) is 0 Å². The van der Waals surface area contributed by atoms with Crippen LogP contribution in [0.25, 0.3) is 0 Å². The van der Waals surface area contributed by atoms with Crippen LogP contribution in [0.1, 0.15) is 27.2 Å². The van der Waals surface area contributed by atoms with Crippen molar-refractivity contribution in [2.75, 3.05) is 40.4 Å². The average molecular weight is 216 g/mol. The molecule has 0 aliphatic carbocycles. The second-order valence-electron chi connectivity index (χ2n) is 4.68. The smallest absolute Gasteiger partial charge is 0.0591 e. The van der Waals surface area contributed by atoms with E-state index < -0.39 is 0 Å². The standard InChI is InChI=1S/C12H28N2O/c1-6-8-15-9-7-13-12(11(2)3)10-14(4)5/h11-13H,6-10H2,1-5H3. The zero-order valence-corrected chi connectivity index (χ0v) is 11.0. The minimum absolute atomic E-state index is 0.560. The van der Waals surface area contributed by atoms with Gasteiger partial charge in [-0.15, -0.1) is 0 Å². The minimum Gasteiger partial charge on any atom is -0.380 e. The number of ether oxygens (including phenoxy) is 1. The first-order valence-corrected chi connectivity index (χ1v) is 6.03. The van der Waals surface area contributed by atoms with E-state index in [1.54, 1.807) is 0 Å². The Morgan fingerprint density at radius 2 is 1.87 bits per heavy atom. The molecule has 3 nitrogen and oxygen atoms in total. The van der Waals surface area contributed by atoms with Gasteiger partial charge in [0, 0.05) is 25.7 Å². The summed E-state index contributed by atoms with van der Waals surface area (Å²) in [5, 5.41) is 3.54. The van der Waals surface area contributed by atoms with Crippen LogP contribution in [-0.4, -0.2) is 51.3 Å². The summed E-state index contributed by atoms with van der Waals surface area (Å²) in [6.07, 6.45) is 1.10. The van der Waals surface area contributed by atoms with Crippen LogP contribution >= 0.6 is 0 Å². The first-order valence-electron chi connectivity index (χ1n) is 6.03. The van der Waals surface area contributed by atoms with Gasteiger partial charge in [0.1, 0.15) is 0 Å². The fraction of sp³-hybridized carbons (Fsp3) is 1.00. The molecule has 0 aromatic rings. The fourth-order valence-corrected chi connectivity index (χ4v) is 1.47. The summed E-state index contributed by atoms with van der Waals surface area (Å²) in [4.78, 5) is 2.23. The van der Waals surface area contributed by atoms with Crippen molar-refractivity contribution >= 4 is 0 Å². The minimum atomic E-state index is 0.560. The highest BCUT2D eigenvalue weighted by molar-refractivity contribution is 4.72. The van der Waals surface area contributed by atoms with Gasteiger partial charge in [-0.25, -0.2) is 0 Å². The quantitative estimate of drug-likeness (QED) is 0.592. The molecular weight excluding hydrogens is 188 g/mol. The largest absolute Gasteiger partial charge is 0.380 e. The summed E-state index contributed by atoms with van der Waals surface area (Å²) < 4.78 is 5.44. The molecule has 0 radical (unpaired) electrons. The number of hydrogen-bond acceptors (Lipinski definition) is 3. The van der Waals surface area contributed by atoms with Crippen LogP contribution in [0.2, 0.25) is 0 Å². The van der Waals surface area contributed by atoms with Gasteiger partial charge >= 0.3 is 0 Å². The third-order valence-corrected chi connectivity index (χ3v) is 2.37. The van der Waals surface area contributed by atoms with Crippen LogP contribution < -0.4 is 5.32 Å². The molecule has 0 amide bonds. The lowest BCUT2D eigenvalue weighted by molar-refractivity contribution is 0.130. The zero-order chi connectivity index (χ0) is 11.7. The molecule has 0 aliphatic heterocycles. The van der Waals surface area contributed by atoms with Crippen molar-refractivity contribution in [2.45, 2.75) is 33.2 Å². The number of rotatable bonds is 9. The molecule has 0 aromatic carbocycles. The van der Waals surface area contributed by atoms with Gasteiger partial charge in [-0.05, 0) is 26.4 Å². The maximum absolute atomic E-state index is 5.44. The molecule has 0 bridgehead atoms. The molecule has 1 N–H and O–H groups in total. The molecular formula is C12H28N2O. The number of hydrogen-bond donors (Lipinski definition) is 1. The first-order chi connectivity index (χ1) is 7.07. The van der Waals surface area contributed by atoms with Crippen LogP contribution in [-0.2, 0) is 4.74 Å². The summed E-state index contributed by atoms with van der Waals surface area (Å²) >= 11 is 0. The predicted octanol–water partition coefficient (Wildman–Crippen LogP) is 1.59. The molecule has 0 fully saturated rings. The molecule has 0 saturated carbocycles. The first kappa shape index (κ1) is 14.9. The van der Waals surface area contributed by atoms with Crippen molar-refractivity contribution in [3.63, 3.8) is 0 Å². The molecule has 3 heteroatoms. The van der Waals surface area contributed by atoms with Crippen LogP contribution in [0.5, 0.6) is 0 Å². The van der Waals surface area contributed by atoms with Gasteiger partial charge in [0.15, 0.2) is 0 Å². The topological polar surface area (TPSA) is 24.5 Å². The van der Waals surface area contributed by atoms with E-state index in [2.05, 4.69) is 45.1 Å². The number of likely N-dealkylation sites (N-methyl/N-ethyl adjacent to an activating group) is 1. The number of nitrogens with zero attached hydrogens (tertiary/aromatic N) is 1. The van der Waals surface area contributed by atoms with Gasteiger partial charge in [-0.3, -0.25) is 0 Å². The Labute approximate surface area is 95.2 Å². The zero-order valence-electron chi connectivity index (χ0n) is 11.0. The average Bonchev–Trinajstić information content (AvgIpc) is 2.15.